The lowest BCUT2D eigenvalue weighted by atomic mass is 9.97. The molecule has 3 rings (SSSR count). The molecule has 98 valence electrons. The van der Waals surface area contributed by atoms with Gasteiger partial charge in [-0.05, 0) is 50.9 Å². The van der Waals surface area contributed by atoms with Crippen LogP contribution in [0.3, 0.4) is 0 Å². The summed E-state index contributed by atoms with van der Waals surface area (Å²) in [7, 11) is 0. The molecule has 0 bridgehead atoms. The Balaban J connectivity index is 1.53. The van der Waals surface area contributed by atoms with E-state index < -0.39 is 0 Å². The fraction of sp³-hybridized carbons (Fsp3) is 1.00. The highest BCUT2D eigenvalue weighted by Gasteiger charge is 2.40. The Morgan fingerprint density at radius 2 is 1.76 bits per heavy atom. The van der Waals surface area contributed by atoms with Gasteiger partial charge in [-0.15, -0.1) is 0 Å². The summed E-state index contributed by atoms with van der Waals surface area (Å²) in [6.07, 6.45) is 7.10. The quantitative estimate of drug-likeness (QED) is 0.810. The van der Waals surface area contributed by atoms with Crippen molar-refractivity contribution in [2.45, 2.75) is 77.0 Å². The van der Waals surface area contributed by atoms with E-state index in [1.54, 1.807) is 0 Å². The molecule has 0 aromatic rings. The minimum Gasteiger partial charge on any atom is -0.310 e. The van der Waals surface area contributed by atoms with Gasteiger partial charge >= 0.3 is 0 Å². The highest BCUT2D eigenvalue weighted by Crippen LogP contribution is 2.35. The van der Waals surface area contributed by atoms with Crippen LogP contribution in [-0.4, -0.2) is 35.6 Å². The zero-order chi connectivity index (χ0) is 12.0. The maximum Gasteiger partial charge on any atom is 0.0212 e. The summed E-state index contributed by atoms with van der Waals surface area (Å²) >= 11 is 0. The van der Waals surface area contributed by atoms with Crippen molar-refractivity contribution in [3.63, 3.8) is 0 Å². The van der Waals surface area contributed by atoms with E-state index in [0.717, 1.165) is 36.0 Å². The molecule has 0 aromatic carbocycles. The molecular weight excluding hydrogens is 208 g/mol. The second-order valence-electron chi connectivity index (χ2n) is 6.90. The minimum absolute atomic E-state index is 0.767. The first-order valence-electron chi connectivity index (χ1n) is 7.67. The molecule has 0 spiro atoms. The first-order valence-corrected chi connectivity index (χ1v) is 7.67. The third-order valence-corrected chi connectivity index (χ3v) is 5.55. The molecule has 0 amide bonds. The summed E-state index contributed by atoms with van der Waals surface area (Å²) in [6, 6.07) is 3.32. The number of rotatable bonds is 3. The fourth-order valence-electron chi connectivity index (χ4n) is 3.99. The molecule has 3 fully saturated rings. The molecule has 2 nitrogen and oxygen atoms in total. The monoisotopic (exact) mass is 236 g/mol. The average molecular weight is 236 g/mol. The van der Waals surface area contributed by atoms with Crippen molar-refractivity contribution in [2.75, 3.05) is 6.54 Å². The van der Waals surface area contributed by atoms with E-state index in [1.165, 1.54) is 38.6 Å². The van der Waals surface area contributed by atoms with E-state index in [4.69, 9.17) is 0 Å². The number of nitrogens with zero attached hydrogens (tertiary/aromatic N) is 1. The van der Waals surface area contributed by atoms with E-state index in [1.807, 2.05) is 0 Å². The Kier molecular flexibility index (Phi) is 3.20. The molecule has 5 unspecified atom stereocenters. The van der Waals surface area contributed by atoms with Crippen LogP contribution in [0.1, 0.15) is 52.9 Å². The van der Waals surface area contributed by atoms with E-state index in [-0.39, 0.29) is 0 Å². The molecule has 1 saturated heterocycles. The summed E-state index contributed by atoms with van der Waals surface area (Å²) in [5.41, 5.74) is 0. The van der Waals surface area contributed by atoms with Gasteiger partial charge in [0.15, 0.2) is 0 Å². The lowest BCUT2D eigenvalue weighted by Crippen LogP contribution is -2.42. The molecule has 17 heavy (non-hydrogen) atoms. The summed E-state index contributed by atoms with van der Waals surface area (Å²) in [6.45, 7) is 8.58. The zero-order valence-corrected chi connectivity index (χ0v) is 11.7. The summed E-state index contributed by atoms with van der Waals surface area (Å²) in [5, 5.41) is 3.96. The molecule has 0 radical (unpaired) electrons. The van der Waals surface area contributed by atoms with E-state index in [2.05, 4.69) is 31.0 Å². The predicted molar refractivity (Wildman–Crippen MR) is 72.1 cm³/mol. The van der Waals surface area contributed by atoms with Crippen LogP contribution in [0.5, 0.6) is 0 Å². The maximum absolute atomic E-state index is 3.96. The molecule has 2 aliphatic carbocycles. The van der Waals surface area contributed by atoms with Crippen molar-refractivity contribution in [1.29, 1.82) is 0 Å². The fourth-order valence-corrected chi connectivity index (χ4v) is 3.99. The van der Waals surface area contributed by atoms with Crippen LogP contribution >= 0.6 is 0 Å². The van der Waals surface area contributed by atoms with Gasteiger partial charge in [0.25, 0.3) is 0 Å². The van der Waals surface area contributed by atoms with Crippen LogP contribution < -0.4 is 5.32 Å². The van der Waals surface area contributed by atoms with E-state index in [0.29, 0.717) is 0 Å². The Labute approximate surface area is 106 Å². The predicted octanol–water partition coefficient (Wildman–Crippen LogP) is 2.64. The SMILES string of the molecule is CC1CCC(NC2CC(C)N(C3CC3)C2)C1C. The Morgan fingerprint density at radius 1 is 1.00 bits per heavy atom. The topological polar surface area (TPSA) is 15.3 Å². The van der Waals surface area contributed by atoms with Crippen molar-refractivity contribution >= 4 is 0 Å². The van der Waals surface area contributed by atoms with Gasteiger partial charge in [-0.25, -0.2) is 0 Å². The first kappa shape index (κ1) is 12.0. The van der Waals surface area contributed by atoms with Crippen molar-refractivity contribution < 1.29 is 0 Å². The molecule has 3 aliphatic rings. The second kappa shape index (κ2) is 4.55. The van der Waals surface area contributed by atoms with Gasteiger partial charge in [0.05, 0.1) is 0 Å². The minimum atomic E-state index is 0.767. The van der Waals surface area contributed by atoms with Crippen molar-refractivity contribution in [2.24, 2.45) is 11.8 Å². The van der Waals surface area contributed by atoms with Gasteiger partial charge in [0.2, 0.25) is 0 Å². The third kappa shape index (κ3) is 2.39. The van der Waals surface area contributed by atoms with Crippen LogP contribution in [0.4, 0.5) is 0 Å². The van der Waals surface area contributed by atoms with Crippen molar-refractivity contribution in [3.05, 3.63) is 0 Å². The molecule has 0 aromatic heterocycles. The number of hydrogen-bond acceptors (Lipinski definition) is 2. The number of nitrogens with one attached hydrogen (secondary N) is 1. The van der Waals surface area contributed by atoms with Crippen molar-refractivity contribution in [1.82, 2.24) is 10.2 Å². The summed E-state index contributed by atoms with van der Waals surface area (Å²) in [5.74, 6) is 1.80. The summed E-state index contributed by atoms with van der Waals surface area (Å²) in [4.78, 5) is 2.75. The van der Waals surface area contributed by atoms with Crippen LogP contribution in [0, 0.1) is 11.8 Å². The highest BCUT2D eigenvalue weighted by molar-refractivity contribution is 4.98. The molecule has 2 heteroatoms. The molecule has 1 N–H and O–H groups in total. The van der Waals surface area contributed by atoms with Gasteiger partial charge in [-0.1, -0.05) is 13.8 Å². The normalized spacial score (nSPS) is 47.8. The second-order valence-corrected chi connectivity index (χ2v) is 6.90. The first-order chi connectivity index (χ1) is 8.15. The van der Waals surface area contributed by atoms with Gasteiger partial charge in [-0.3, -0.25) is 4.90 Å². The van der Waals surface area contributed by atoms with Gasteiger partial charge in [0.1, 0.15) is 0 Å². The Hall–Kier alpha value is -0.0800. The molecule has 1 aliphatic heterocycles. The molecule has 2 saturated carbocycles. The van der Waals surface area contributed by atoms with Gasteiger partial charge < -0.3 is 5.32 Å². The summed E-state index contributed by atoms with van der Waals surface area (Å²) < 4.78 is 0. The Bertz CT molecular complexity index is 274. The molecular formula is C15H28N2. The molecule has 5 atom stereocenters. The van der Waals surface area contributed by atoms with E-state index >= 15 is 0 Å². The lowest BCUT2D eigenvalue weighted by Gasteiger charge is -2.24. The standard InChI is InChI=1S/C15H28N2/c1-10-4-7-15(12(10)3)16-13-8-11(2)17(9-13)14-5-6-14/h10-16H,4-9H2,1-3H3. The lowest BCUT2D eigenvalue weighted by molar-refractivity contribution is 0.251. The molecule has 1 heterocycles. The van der Waals surface area contributed by atoms with E-state index in [9.17, 15) is 0 Å². The van der Waals surface area contributed by atoms with Gasteiger partial charge in [0, 0.05) is 30.7 Å². The van der Waals surface area contributed by atoms with Crippen LogP contribution in [0.2, 0.25) is 0 Å². The van der Waals surface area contributed by atoms with Gasteiger partial charge in [-0.2, -0.15) is 0 Å². The maximum atomic E-state index is 3.96. The number of likely N-dealkylation sites (tertiary alicyclic amines) is 1. The average Bonchev–Trinajstić information content (AvgIpc) is 3.01. The smallest absolute Gasteiger partial charge is 0.0212 e. The third-order valence-electron chi connectivity index (χ3n) is 5.55. The zero-order valence-electron chi connectivity index (χ0n) is 11.7. The van der Waals surface area contributed by atoms with Crippen LogP contribution in [0.25, 0.3) is 0 Å². The largest absolute Gasteiger partial charge is 0.310 e. The van der Waals surface area contributed by atoms with Crippen LogP contribution in [0.15, 0.2) is 0 Å². The van der Waals surface area contributed by atoms with Crippen LogP contribution in [-0.2, 0) is 0 Å². The number of hydrogen-bond donors (Lipinski definition) is 1. The van der Waals surface area contributed by atoms with Crippen molar-refractivity contribution in [3.8, 4) is 0 Å². The highest BCUT2D eigenvalue weighted by atomic mass is 15.3. The Morgan fingerprint density at radius 3 is 2.35 bits per heavy atom.